The molecule has 31 heavy (non-hydrogen) atoms. The number of hydrogen-bond acceptors (Lipinski definition) is 4. The Balaban J connectivity index is 1.63. The second-order valence-electron chi connectivity index (χ2n) is 7.97. The van der Waals surface area contributed by atoms with Crippen LogP contribution in [0.1, 0.15) is 38.5 Å². The number of benzene rings is 1. The van der Waals surface area contributed by atoms with Crippen molar-refractivity contribution in [2.45, 2.75) is 51.5 Å². The smallest absolute Gasteiger partial charge is 0.240 e. The van der Waals surface area contributed by atoms with Gasteiger partial charge in [0.1, 0.15) is 5.82 Å². The number of imidazole rings is 1. The first-order valence-electron chi connectivity index (χ1n) is 10.8. The lowest BCUT2D eigenvalue weighted by Crippen LogP contribution is -2.18. The number of anilines is 1. The Morgan fingerprint density at radius 3 is 2.55 bits per heavy atom. The molecular formula is C23H26F3N5. The summed E-state index contributed by atoms with van der Waals surface area (Å²) in [7, 11) is 0. The minimum Gasteiger partial charge on any atom is -0.354 e. The predicted molar refractivity (Wildman–Crippen MR) is 114 cm³/mol. The fourth-order valence-electron chi connectivity index (χ4n) is 4.08. The second kappa shape index (κ2) is 9.94. The summed E-state index contributed by atoms with van der Waals surface area (Å²) >= 11 is 0. The van der Waals surface area contributed by atoms with Crippen molar-refractivity contribution in [2.75, 3.05) is 11.9 Å². The largest absolute Gasteiger partial charge is 0.354 e. The molecule has 1 aliphatic rings. The van der Waals surface area contributed by atoms with Crippen LogP contribution in [0.15, 0.2) is 42.9 Å². The maximum absolute atomic E-state index is 13.4. The zero-order valence-corrected chi connectivity index (χ0v) is 17.3. The van der Waals surface area contributed by atoms with Gasteiger partial charge in [0.25, 0.3) is 0 Å². The zero-order valence-electron chi connectivity index (χ0n) is 17.3. The molecule has 0 saturated heterocycles. The molecule has 1 aromatic carbocycles. The van der Waals surface area contributed by atoms with Crippen LogP contribution in [0.4, 0.5) is 19.1 Å². The number of halogens is 3. The second-order valence-corrected chi connectivity index (χ2v) is 7.97. The number of nitrogens with zero attached hydrogens (tertiary/aromatic N) is 4. The molecule has 0 unspecified atom stereocenters. The fourth-order valence-corrected chi connectivity index (χ4v) is 4.08. The van der Waals surface area contributed by atoms with E-state index < -0.39 is 6.43 Å². The number of nitrogens with one attached hydrogen (secondary N) is 1. The average Bonchev–Trinajstić information content (AvgIpc) is 3.22. The first kappa shape index (κ1) is 21.3. The molecule has 0 amide bonds. The Labute approximate surface area is 179 Å². The van der Waals surface area contributed by atoms with E-state index in [-0.39, 0.29) is 18.8 Å². The van der Waals surface area contributed by atoms with Crippen LogP contribution in [0.2, 0.25) is 0 Å². The van der Waals surface area contributed by atoms with E-state index in [1.807, 2.05) is 0 Å². The van der Waals surface area contributed by atoms with Gasteiger partial charge in [-0.2, -0.15) is 0 Å². The molecule has 2 aromatic heterocycles. The third kappa shape index (κ3) is 5.42. The van der Waals surface area contributed by atoms with Crippen molar-refractivity contribution in [3.05, 3.63) is 48.7 Å². The third-order valence-electron chi connectivity index (χ3n) is 5.72. The summed E-state index contributed by atoms with van der Waals surface area (Å²) in [5, 5.41) is 3.33. The summed E-state index contributed by atoms with van der Waals surface area (Å²) < 4.78 is 40.8. The van der Waals surface area contributed by atoms with Crippen molar-refractivity contribution in [1.82, 2.24) is 19.5 Å². The van der Waals surface area contributed by atoms with Gasteiger partial charge in [0.05, 0.1) is 23.4 Å². The molecule has 0 bridgehead atoms. The van der Waals surface area contributed by atoms with E-state index in [1.165, 1.54) is 50.6 Å². The minimum atomic E-state index is -2.41. The van der Waals surface area contributed by atoms with Crippen LogP contribution in [-0.2, 0) is 6.54 Å². The normalized spacial score (nSPS) is 14.8. The van der Waals surface area contributed by atoms with Crippen molar-refractivity contribution >= 4 is 5.95 Å². The molecule has 2 heterocycles. The van der Waals surface area contributed by atoms with Gasteiger partial charge < -0.3 is 9.88 Å². The Morgan fingerprint density at radius 1 is 1.03 bits per heavy atom. The van der Waals surface area contributed by atoms with Crippen LogP contribution in [0.25, 0.3) is 22.6 Å². The van der Waals surface area contributed by atoms with Gasteiger partial charge >= 0.3 is 0 Å². The van der Waals surface area contributed by atoms with Crippen molar-refractivity contribution in [2.24, 2.45) is 5.92 Å². The van der Waals surface area contributed by atoms with E-state index in [0.29, 0.717) is 34.5 Å². The van der Waals surface area contributed by atoms with Crippen molar-refractivity contribution < 1.29 is 13.2 Å². The average molecular weight is 429 g/mol. The van der Waals surface area contributed by atoms with Crippen molar-refractivity contribution in [3.63, 3.8) is 0 Å². The molecule has 3 aromatic rings. The van der Waals surface area contributed by atoms with Gasteiger partial charge in [0.15, 0.2) is 0 Å². The van der Waals surface area contributed by atoms with Crippen LogP contribution in [0, 0.1) is 11.7 Å². The van der Waals surface area contributed by atoms with Crippen molar-refractivity contribution in [3.8, 4) is 22.6 Å². The molecule has 1 saturated carbocycles. The predicted octanol–water partition coefficient (Wildman–Crippen LogP) is 5.79. The summed E-state index contributed by atoms with van der Waals surface area (Å²) in [5.41, 5.74) is 2.48. The minimum absolute atomic E-state index is 0.107. The zero-order chi connectivity index (χ0) is 21.6. The van der Waals surface area contributed by atoms with Crippen LogP contribution in [-0.4, -0.2) is 32.5 Å². The quantitative estimate of drug-likeness (QED) is 0.492. The lowest BCUT2D eigenvalue weighted by molar-refractivity contribution is 0.131. The molecule has 164 valence electrons. The monoisotopic (exact) mass is 429 g/mol. The van der Waals surface area contributed by atoms with Gasteiger partial charge in [-0.05, 0) is 49.1 Å². The summed E-state index contributed by atoms with van der Waals surface area (Å²) in [6, 6.07) is 7.71. The molecule has 1 aliphatic carbocycles. The Kier molecular flexibility index (Phi) is 6.84. The number of aromatic nitrogens is 4. The third-order valence-corrected chi connectivity index (χ3v) is 5.72. The van der Waals surface area contributed by atoms with Crippen LogP contribution >= 0.6 is 0 Å². The van der Waals surface area contributed by atoms with Gasteiger partial charge in [-0.3, -0.25) is 0 Å². The topological polar surface area (TPSA) is 55.6 Å². The standard InChI is InChI=1S/C23H26F3N5/c24-18-8-6-17(7-9-18)21-22(31(15-29-21)13-11-20(25)26)19-10-12-27-23(30-19)28-14-16-4-2-1-3-5-16/h6-10,12,15-16,20H,1-5,11,13-14H2,(H,27,28,30). The maximum atomic E-state index is 13.4. The SMILES string of the molecule is Fc1ccc(-c2ncn(CCC(F)F)c2-c2ccnc(NCC3CCCCC3)n2)cc1. The first-order chi connectivity index (χ1) is 15.1. The maximum Gasteiger partial charge on any atom is 0.240 e. The number of aryl methyl sites for hydroxylation is 1. The lowest BCUT2D eigenvalue weighted by Gasteiger charge is -2.21. The van der Waals surface area contributed by atoms with Gasteiger partial charge in [-0.25, -0.2) is 28.1 Å². The van der Waals surface area contributed by atoms with E-state index >= 15 is 0 Å². The summed E-state index contributed by atoms with van der Waals surface area (Å²) in [6.07, 6.45) is 6.74. The molecule has 0 radical (unpaired) electrons. The summed E-state index contributed by atoms with van der Waals surface area (Å²) in [6.45, 7) is 0.926. The lowest BCUT2D eigenvalue weighted by atomic mass is 9.89. The van der Waals surface area contributed by atoms with Crippen LogP contribution < -0.4 is 5.32 Å². The van der Waals surface area contributed by atoms with Gasteiger partial charge in [0.2, 0.25) is 12.4 Å². The molecule has 0 spiro atoms. The van der Waals surface area contributed by atoms with E-state index in [1.54, 1.807) is 29.0 Å². The fraction of sp³-hybridized carbons (Fsp3) is 0.435. The van der Waals surface area contributed by atoms with Crippen molar-refractivity contribution in [1.29, 1.82) is 0 Å². The number of hydrogen-bond donors (Lipinski definition) is 1. The summed E-state index contributed by atoms with van der Waals surface area (Å²) in [5.74, 6) is 0.778. The highest BCUT2D eigenvalue weighted by atomic mass is 19.3. The van der Waals surface area contributed by atoms with Gasteiger partial charge in [-0.15, -0.1) is 0 Å². The molecule has 5 nitrogen and oxygen atoms in total. The Morgan fingerprint density at radius 2 is 1.81 bits per heavy atom. The van der Waals surface area contributed by atoms with E-state index in [4.69, 9.17) is 0 Å². The number of alkyl halides is 2. The molecule has 4 rings (SSSR count). The highest BCUT2D eigenvalue weighted by molar-refractivity contribution is 5.77. The van der Waals surface area contributed by atoms with Crippen LogP contribution in [0.5, 0.6) is 0 Å². The van der Waals surface area contributed by atoms with E-state index in [0.717, 1.165) is 6.54 Å². The Bertz CT molecular complexity index is 981. The molecule has 8 heteroatoms. The molecule has 0 atom stereocenters. The first-order valence-corrected chi connectivity index (χ1v) is 10.8. The molecule has 1 fully saturated rings. The molecular weight excluding hydrogens is 403 g/mol. The number of rotatable bonds is 8. The van der Waals surface area contributed by atoms with Crippen LogP contribution in [0.3, 0.4) is 0 Å². The van der Waals surface area contributed by atoms with E-state index in [2.05, 4.69) is 20.3 Å². The molecule has 0 aliphatic heterocycles. The highest BCUT2D eigenvalue weighted by Crippen LogP contribution is 2.31. The molecule has 1 N–H and O–H groups in total. The Hall–Kier alpha value is -2.90. The van der Waals surface area contributed by atoms with Gasteiger partial charge in [-0.1, -0.05) is 19.3 Å². The van der Waals surface area contributed by atoms with Gasteiger partial charge in [0, 0.05) is 31.3 Å². The van der Waals surface area contributed by atoms with E-state index in [9.17, 15) is 13.2 Å². The highest BCUT2D eigenvalue weighted by Gasteiger charge is 2.19. The summed E-state index contributed by atoms with van der Waals surface area (Å²) in [4.78, 5) is 13.4.